The fourth-order valence-corrected chi connectivity index (χ4v) is 4.59. The highest BCUT2D eigenvalue weighted by Crippen LogP contribution is 2.38. The first-order valence-electron chi connectivity index (χ1n) is 11.3. The Morgan fingerprint density at radius 3 is 2.71 bits per heavy atom. The summed E-state index contributed by atoms with van der Waals surface area (Å²) < 4.78 is 8.32. The van der Waals surface area contributed by atoms with Gasteiger partial charge in [-0.2, -0.15) is 0 Å². The van der Waals surface area contributed by atoms with E-state index in [1.54, 1.807) is 0 Å². The van der Waals surface area contributed by atoms with Crippen molar-refractivity contribution in [3.8, 4) is 22.7 Å². The van der Waals surface area contributed by atoms with E-state index in [0.717, 1.165) is 64.1 Å². The van der Waals surface area contributed by atoms with Crippen LogP contribution < -0.4 is 0 Å². The van der Waals surface area contributed by atoms with Crippen LogP contribution in [-0.2, 0) is 19.6 Å². The Morgan fingerprint density at radius 2 is 1.97 bits per heavy atom. The van der Waals surface area contributed by atoms with Gasteiger partial charge in [0.15, 0.2) is 11.0 Å². The third-order valence-electron chi connectivity index (χ3n) is 6.12. The lowest BCUT2D eigenvalue weighted by Gasteiger charge is -2.11. The molecule has 0 spiro atoms. The molecule has 0 fully saturated rings. The minimum atomic E-state index is -0.150. The van der Waals surface area contributed by atoms with Crippen molar-refractivity contribution in [3.05, 3.63) is 70.3 Å². The van der Waals surface area contributed by atoms with Crippen molar-refractivity contribution in [1.29, 1.82) is 0 Å². The van der Waals surface area contributed by atoms with Crippen molar-refractivity contribution in [2.75, 3.05) is 0 Å². The van der Waals surface area contributed by atoms with Crippen LogP contribution in [0.5, 0.6) is 0 Å². The van der Waals surface area contributed by atoms with E-state index in [4.69, 9.17) is 16.0 Å². The number of aliphatic hydroxyl groups excluding tert-OH is 1. The summed E-state index contributed by atoms with van der Waals surface area (Å²) in [6.45, 7) is 4.62. The smallest absolute Gasteiger partial charge is 0.180 e. The lowest BCUT2D eigenvalue weighted by atomic mass is 10.0. The van der Waals surface area contributed by atoms with Gasteiger partial charge in [-0.25, -0.2) is 10.1 Å². The Labute approximate surface area is 201 Å². The van der Waals surface area contributed by atoms with Crippen LogP contribution in [0.3, 0.4) is 0 Å². The first-order valence-corrected chi connectivity index (χ1v) is 11.7. The Kier molecular flexibility index (Phi) is 6.17. The molecule has 5 aromatic rings. The number of halogens is 1. The molecule has 0 bridgehead atoms. The van der Waals surface area contributed by atoms with Gasteiger partial charge in [-0.15, -0.1) is 5.10 Å². The van der Waals surface area contributed by atoms with E-state index in [1.807, 2.05) is 41.0 Å². The molecule has 9 heteroatoms. The summed E-state index contributed by atoms with van der Waals surface area (Å²) in [5.41, 5.74) is 5.36. The van der Waals surface area contributed by atoms with Gasteiger partial charge in [0.2, 0.25) is 0 Å². The lowest BCUT2D eigenvalue weighted by molar-refractivity contribution is 0.271. The highest BCUT2D eigenvalue weighted by atomic mass is 35.5. The van der Waals surface area contributed by atoms with Gasteiger partial charge in [-0.05, 0) is 41.5 Å². The molecule has 0 amide bonds. The molecule has 0 radical (unpaired) electrons. The number of H-pyrrole nitrogens is 1. The number of hydrogen-bond donors (Lipinski definition) is 2. The minimum absolute atomic E-state index is 0.150. The van der Waals surface area contributed by atoms with Crippen LogP contribution in [0.25, 0.3) is 33.7 Å². The van der Waals surface area contributed by atoms with Crippen LogP contribution >= 0.6 is 11.6 Å². The number of aromatic amines is 1. The van der Waals surface area contributed by atoms with Crippen molar-refractivity contribution in [1.82, 2.24) is 30.2 Å². The topological polar surface area (TPSA) is 106 Å². The van der Waals surface area contributed by atoms with E-state index in [0.29, 0.717) is 23.2 Å². The maximum atomic E-state index is 9.89. The molecule has 0 atom stereocenters. The molecule has 2 N–H and O–H groups in total. The minimum Gasteiger partial charge on any atom is -0.456 e. The summed E-state index contributed by atoms with van der Waals surface area (Å²) in [6.07, 6.45) is 2.90. The van der Waals surface area contributed by atoms with Crippen molar-refractivity contribution >= 4 is 22.6 Å². The van der Waals surface area contributed by atoms with E-state index >= 15 is 0 Å². The third kappa shape index (κ3) is 3.99. The molecule has 0 aliphatic heterocycles. The van der Waals surface area contributed by atoms with Crippen LogP contribution in [0.15, 0.2) is 46.9 Å². The van der Waals surface area contributed by atoms with E-state index in [1.165, 1.54) is 0 Å². The van der Waals surface area contributed by atoms with Gasteiger partial charge in [-0.3, -0.25) is 0 Å². The molecule has 3 heterocycles. The first kappa shape index (κ1) is 22.3. The summed E-state index contributed by atoms with van der Waals surface area (Å²) in [5.74, 6) is 2.27. The number of aliphatic hydroxyl groups is 1. The Hall–Kier alpha value is -3.49. The second-order valence-electron chi connectivity index (χ2n) is 8.30. The van der Waals surface area contributed by atoms with Crippen LogP contribution in [0.4, 0.5) is 0 Å². The van der Waals surface area contributed by atoms with Crippen molar-refractivity contribution in [2.45, 2.75) is 46.3 Å². The number of aryl methyl sites for hydroxylation is 2. The van der Waals surface area contributed by atoms with Crippen LogP contribution in [0.1, 0.15) is 42.4 Å². The highest BCUT2D eigenvalue weighted by molar-refractivity contribution is 6.30. The molecule has 8 nitrogen and oxygen atoms in total. The van der Waals surface area contributed by atoms with Crippen LogP contribution in [-0.4, -0.2) is 35.3 Å². The molecule has 5 rings (SSSR count). The van der Waals surface area contributed by atoms with Crippen molar-refractivity contribution in [3.63, 3.8) is 0 Å². The number of nitrogens with one attached hydrogen (secondary N) is 1. The standard InChI is InChI=1S/C25H25ClN6O2/c1-3-4-9-22-27-24(26)20(14-33)32(22)13-16-10-11-21-19(12-16)15(2)23(34-21)17-7-5-6-8-18(17)25-28-30-31-29-25/h5-8,10-12,33H,3-4,9,13-14H2,1-2H3,(H,28,29,30,31). The fraction of sp³-hybridized carbons (Fsp3) is 0.280. The largest absolute Gasteiger partial charge is 0.456 e. The lowest BCUT2D eigenvalue weighted by Crippen LogP contribution is -2.09. The quantitative estimate of drug-likeness (QED) is 0.314. The van der Waals surface area contributed by atoms with E-state index in [2.05, 4.69) is 45.5 Å². The van der Waals surface area contributed by atoms with E-state index in [-0.39, 0.29) is 6.61 Å². The van der Waals surface area contributed by atoms with E-state index < -0.39 is 0 Å². The molecule has 0 saturated carbocycles. The van der Waals surface area contributed by atoms with Gasteiger partial charge in [0, 0.05) is 35.0 Å². The molecule has 174 valence electrons. The number of tetrazole rings is 1. The molecule has 0 saturated heterocycles. The summed E-state index contributed by atoms with van der Waals surface area (Å²) in [5, 5.41) is 25.6. The second-order valence-corrected chi connectivity index (χ2v) is 8.65. The number of furan rings is 1. The molecule has 0 unspecified atom stereocenters. The number of fused-ring (bicyclic) bond motifs is 1. The Balaban J connectivity index is 1.55. The zero-order valence-electron chi connectivity index (χ0n) is 19.0. The molecule has 2 aromatic carbocycles. The zero-order chi connectivity index (χ0) is 23.7. The number of unbranched alkanes of at least 4 members (excludes halogenated alkanes) is 1. The molecule has 0 aliphatic rings. The molecule has 3 aromatic heterocycles. The van der Waals surface area contributed by atoms with Gasteiger partial charge in [0.05, 0.1) is 12.3 Å². The van der Waals surface area contributed by atoms with Crippen LogP contribution in [0.2, 0.25) is 5.15 Å². The average molecular weight is 477 g/mol. The third-order valence-corrected chi connectivity index (χ3v) is 6.42. The number of imidazole rings is 1. The van der Waals surface area contributed by atoms with Gasteiger partial charge in [0.1, 0.15) is 17.2 Å². The van der Waals surface area contributed by atoms with E-state index in [9.17, 15) is 5.11 Å². The molecular weight excluding hydrogens is 452 g/mol. The van der Waals surface area contributed by atoms with Gasteiger partial charge in [-0.1, -0.05) is 55.3 Å². The van der Waals surface area contributed by atoms with Crippen molar-refractivity contribution in [2.24, 2.45) is 0 Å². The second kappa shape index (κ2) is 9.40. The molecular formula is C25H25ClN6O2. The van der Waals surface area contributed by atoms with Gasteiger partial charge in [0.25, 0.3) is 0 Å². The number of hydrogen-bond acceptors (Lipinski definition) is 6. The van der Waals surface area contributed by atoms with Crippen LogP contribution in [0, 0.1) is 6.92 Å². The normalized spacial score (nSPS) is 11.5. The summed E-state index contributed by atoms with van der Waals surface area (Å²) in [4.78, 5) is 4.50. The summed E-state index contributed by atoms with van der Waals surface area (Å²) in [7, 11) is 0. The number of rotatable bonds is 8. The van der Waals surface area contributed by atoms with Gasteiger partial charge < -0.3 is 14.1 Å². The van der Waals surface area contributed by atoms with Crippen molar-refractivity contribution < 1.29 is 9.52 Å². The zero-order valence-corrected chi connectivity index (χ0v) is 19.8. The SMILES string of the molecule is CCCCc1nc(Cl)c(CO)n1Cc1ccc2oc(-c3ccccc3-c3nnn[nH]3)c(C)c2c1. The number of benzene rings is 2. The molecule has 0 aliphatic carbocycles. The summed E-state index contributed by atoms with van der Waals surface area (Å²) in [6, 6.07) is 14.1. The Bertz CT molecular complexity index is 1440. The Morgan fingerprint density at radius 1 is 1.15 bits per heavy atom. The first-order chi connectivity index (χ1) is 16.6. The maximum Gasteiger partial charge on any atom is 0.180 e. The maximum absolute atomic E-state index is 9.89. The fourth-order valence-electron chi connectivity index (χ4n) is 4.34. The number of nitrogens with zero attached hydrogens (tertiary/aromatic N) is 5. The predicted molar refractivity (Wildman–Crippen MR) is 130 cm³/mol. The predicted octanol–water partition coefficient (Wildman–Crippen LogP) is 5.32. The molecule has 34 heavy (non-hydrogen) atoms. The average Bonchev–Trinajstić information content (AvgIpc) is 3.57. The summed E-state index contributed by atoms with van der Waals surface area (Å²) >= 11 is 6.32. The monoisotopic (exact) mass is 476 g/mol. The van der Waals surface area contributed by atoms with Gasteiger partial charge >= 0.3 is 0 Å². The highest BCUT2D eigenvalue weighted by Gasteiger charge is 2.19. The number of aromatic nitrogens is 6.